The van der Waals surface area contributed by atoms with Crippen molar-refractivity contribution in [3.8, 4) is 5.75 Å². The fourth-order valence-electron chi connectivity index (χ4n) is 2.01. The number of ether oxygens (including phenoxy) is 1. The Morgan fingerprint density at radius 3 is 2.25 bits per heavy atom. The van der Waals surface area contributed by atoms with Gasteiger partial charge in [0.05, 0.1) is 12.7 Å². The molecule has 2 nitrogen and oxygen atoms in total. The van der Waals surface area contributed by atoms with E-state index in [2.05, 4.69) is 0 Å². The maximum atomic E-state index is 13.8. The van der Waals surface area contributed by atoms with Gasteiger partial charge in [0.2, 0.25) is 0 Å². The van der Waals surface area contributed by atoms with Crippen LogP contribution in [0.3, 0.4) is 0 Å². The third-order valence-electron chi connectivity index (χ3n) is 2.99. The molecule has 0 aromatic heterocycles. The summed E-state index contributed by atoms with van der Waals surface area (Å²) in [6.45, 7) is 3.82. The molecule has 106 valence electrons. The molecule has 1 N–H and O–H groups in total. The molecule has 0 unspecified atom stereocenters. The molecule has 0 aliphatic rings. The summed E-state index contributed by atoms with van der Waals surface area (Å²) in [6, 6.07) is 12.5. The van der Waals surface area contributed by atoms with Gasteiger partial charge in [0.1, 0.15) is 11.6 Å². The first-order chi connectivity index (χ1) is 9.58. The summed E-state index contributed by atoms with van der Waals surface area (Å²) >= 11 is 0. The van der Waals surface area contributed by atoms with Crippen LogP contribution in [0, 0.1) is 5.82 Å². The minimum atomic E-state index is -0.279. The fraction of sp³-hybridized carbons (Fsp3) is 0.294. The summed E-state index contributed by atoms with van der Waals surface area (Å²) in [5, 5.41) is 8.96. The molecule has 0 spiro atoms. The molecule has 0 aliphatic heterocycles. The van der Waals surface area contributed by atoms with Crippen molar-refractivity contribution < 1.29 is 14.2 Å². The Morgan fingerprint density at radius 1 is 1.05 bits per heavy atom. The van der Waals surface area contributed by atoms with E-state index >= 15 is 0 Å². The number of benzene rings is 2. The molecular formula is C17H19FO2. The summed E-state index contributed by atoms with van der Waals surface area (Å²) in [5.74, 6) is 0.541. The monoisotopic (exact) mass is 274 g/mol. The van der Waals surface area contributed by atoms with Gasteiger partial charge in [0.25, 0.3) is 0 Å². The Kier molecular flexibility index (Phi) is 4.74. The van der Waals surface area contributed by atoms with Crippen LogP contribution >= 0.6 is 0 Å². The highest BCUT2D eigenvalue weighted by molar-refractivity contribution is 5.33. The summed E-state index contributed by atoms with van der Waals surface area (Å²) < 4.78 is 19.4. The van der Waals surface area contributed by atoms with Crippen molar-refractivity contribution in [2.24, 2.45) is 0 Å². The standard InChI is InChI=1S/C17H19FO2/c1-12(2)20-16-7-4-13(5-8-16)9-15-6-3-14(11-19)10-17(15)18/h3-8,10,12,19H,9,11H2,1-2H3. The van der Waals surface area contributed by atoms with Gasteiger partial charge in [-0.25, -0.2) is 4.39 Å². The van der Waals surface area contributed by atoms with E-state index < -0.39 is 0 Å². The quantitative estimate of drug-likeness (QED) is 0.901. The Balaban J connectivity index is 2.10. The third kappa shape index (κ3) is 3.81. The second-order valence-corrected chi connectivity index (χ2v) is 5.07. The summed E-state index contributed by atoms with van der Waals surface area (Å²) in [7, 11) is 0. The predicted molar refractivity (Wildman–Crippen MR) is 77.3 cm³/mol. The molecule has 20 heavy (non-hydrogen) atoms. The van der Waals surface area contributed by atoms with Gasteiger partial charge < -0.3 is 9.84 Å². The van der Waals surface area contributed by atoms with Crippen molar-refractivity contribution in [3.63, 3.8) is 0 Å². The fourth-order valence-corrected chi connectivity index (χ4v) is 2.01. The van der Waals surface area contributed by atoms with E-state index in [0.29, 0.717) is 17.5 Å². The molecule has 0 saturated heterocycles. The first-order valence-corrected chi connectivity index (χ1v) is 6.72. The zero-order valence-corrected chi connectivity index (χ0v) is 11.8. The van der Waals surface area contributed by atoms with Crippen molar-refractivity contribution in [2.45, 2.75) is 33.0 Å². The van der Waals surface area contributed by atoms with Crippen LogP contribution in [0.1, 0.15) is 30.5 Å². The molecule has 0 atom stereocenters. The van der Waals surface area contributed by atoms with Crippen LogP contribution in [0.25, 0.3) is 0 Å². The van der Waals surface area contributed by atoms with Crippen molar-refractivity contribution in [1.82, 2.24) is 0 Å². The molecule has 3 heteroatoms. The molecule has 0 radical (unpaired) electrons. The normalized spacial score (nSPS) is 10.8. The molecule has 0 heterocycles. The van der Waals surface area contributed by atoms with E-state index in [9.17, 15) is 4.39 Å². The summed E-state index contributed by atoms with van der Waals surface area (Å²) in [5.41, 5.74) is 2.24. The molecule has 0 saturated carbocycles. The van der Waals surface area contributed by atoms with E-state index in [1.807, 2.05) is 38.1 Å². The van der Waals surface area contributed by atoms with Crippen LogP contribution in [-0.2, 0) is 13.0 Å². The van der Waals surface area contributed by atoms with Crippen molar-refractivity contribution in [1.29, 1.82) is 0 Å². The van der Waals surface area contributed by atoms with Crippen LogP contribution in [-0.4, -0.2) is 11.2 Å². The van der Waals surface area contributed by atoms with Crippen LogP contribution < -0.4 is 4.74 Å². The van der Waals surface area contributed by atoms with Gasteiger partial charge in [-0.2, -0.15) is 0 Å². The number of hydrogen-bond acceptors (Lipinski definition) is 2. The number of aliphatic hydroxyl groups is 1. The minimum Gasteiger partial charge on any atom is -0.491 e. The Hall–Kier alpha value is -1.87. The number of rotatable bonds is 5. The lowest BCUT2D eigenvalue weighted by Gasteiger charge is -2.10. The van der Waals surface area contributed by atoms with Crippen LogP contribution in [0.2, 0.25) is 0 Å². The van der Waals surface area contributed by atoms with E-state index in [1.54, 1.807) is 12.1 Å². The molecule has 2 aromatic rings. The zero-order valence-electron chi connectivity index (χ0n) is 11.8. The van der Waals surface area contributed by atoms with Crippen molar-refractivity contribution >= 4 is 0 Å². The van der Waals surface area contributed by atoms with E-state index in [4.69, 9.17) is 9.84 Å². The maximum Gasteiger partial charge on any atom is 0.127 e. The van der Waals surface area contributed by atoms with E-state index in [1.165, 1.54) is 6.07 Å². The van der Waals surface area contributed by atoms with Gasteiger partial charge in [-0.3, -0.25) is 0 Å². The second-order valence-electron chi connectivity index (χ2n) is 5.07. The number of aliphatic hydroxyl groups excluding tert-OH is 1. The minimum absolute atomic E-state index is 0.140. The highest BCUT2D eigenvalue weighted by atomic mass is 19.1. The lowest BCUT2D eigenvalue weighted by atomic mass is 10.0. The number of hydrogen-bond donors (Lipinski definition) is 1. The SMILES string of the molecule is CC(C)Oc1ccc(Cc2ccc(CO)cc2F)cc1. The molecule has 0 amide bonds. The van der Waals surface area contributed by atoms with Gasteiger partial charge in [0.15, 0.2) is 0 Å². The Morgan fingerprint density at radius 2 is 1.70 bits per heavy atom. The van der Waals surface area contributed by atoms with Crippen LogP contribution in [0.4, 0.5) is 4.39 Å². The largest absolute Gasteiger partial charge is 0.491 e. The van der Waals surface area contributed by atoms with Gasteiger partial charge in [0, 0.05) is 6.42 Å². The van der Waals surface area contributed by atoms with Gasteiger partial charge >= 0.3 is 0 Å². The van der Waals surface area contributed by atoms with Crippen molar-refractivity contribution in [2.75, 3.05) is 0 Å². The third-order valence-corrected chi connectivity index (χ3v) is 2.99. The van der Waals surface area contributed by atoms with Gasteiger partial charge in [-0.1, -0.05) is 24.3 Å². The highest BCUT2D eigenvalue weighted by Gasteiger charge is 2.05. The zero-order chi connectivity index (χ0) is 14.5. The topological polar surface area (TPSA) is 29.5 Å². The molecule has 2 rings (SSSR count). The first kappa shape index (κ1) is 14.5. The maximum absolute atomic E-state index is 13.8. The average molecular weight is 274 g/mol. The Labute approximate surface area is 118 Å². The van der Waals surface area contributed by atoms with E-state index in [0.717, 1.165) is 11.3 Å². The molecular weight excluding hydrogens is 255 g/mol. The molecule has 0 bridgehead atoms. The Bertz CT molecular complexity index is 562. The van der Waals surface area contributed by atoms with E-state index in [-0.39, 0.29) is 18.5 Å². The first-order valence-electron chi connectivity index (χ1n) is 6.72. The second kappa shape index (κ2) is 6.53. The summed E-state index contributed by atoms with van der Waals surface area (Å²) in [6.07, 6.45) is 0.670. The highest BCUT2D eigenvalue weighted by Crippen LogP contribution is 2.18. The van der Waals surface area contributed by atoms with Crippen LogP contribution in [0.5, 0.6) is 5.75 Å². The molecule has 0 aliphatic carbocycles. The molecule has 0 fully saturated rings. The van der Waals surface area contributed by atoms with Crippen molar-refractivity contribution in [3.05, 3.63) is 65.0 Å². The number of halogens is 1. The van der Waals surface area contributed by atoms with Gasteiger partial charge in [-0.15, -0.1) is 0 Å². The predicted octanol–water partition coefficient (Wildman–Crippen LogP) is 3.70. The lowest BCUT2D eigenvalue weighted by Crippen LogP contribution is -2.05. The lowest BCUT2D eigenvalue weighted by molar-refractivity contribution is 0.242. The van der Waals surface area contributed by atoms with Gasteiger partial charge in [-0.05, 0) is 48.7 Å². The van der Waals surface area contributed by atoms with Crippen LogP contribution in [0.15, 0.2) is 42.5 Å². The smallest absolute Gasteiger partial charge is 0.127 e. The molecule has 2 aromatic carbocycles. The average Bonchev–Trinajstić information content (AvgIpc) is 2.42. The summed E-state index contributed by atoms with van der Waals surface area (Å²) in [4.78, 5) is 0.